The molecular formula is C13H30N4. The molecule has 0 aliphatic heterocycles. The molecule has 0 aromatic carbocycles. The Morgan fingerprint density at radius 2 is 0.882 bits per heavy atom. The average molecular weight is 242 g/mol. The molecule has 4 heteroatoms. The molecule has 0 unspecified atom stereocenters. The molecular weight excluding hydrogens is 212 g/mol. The van der Waals surface area contributed by atoms with Gasteiger partial charge < -0.3 is 14.8 Å². The minimum absolute atomic E-state index is 1.09. The molecule has 0 radical (unpaired) electrons. The van der Waals surface area contributed by atoms with Gasteiger partial charge >= 0.3 is 0 Å². The summed E-state index contributed by atoms with van der Waals surface area (Å²) in [5.41, 5.74) is 2.19. The number of allylic oxidation sites excluding steroid dienone is 2. The highest BCUT2D eigenvalue weighted by atomic mass is 15.4. The fourth-order valence-corrected chi connectivity index (χ4v) is 0. The van der Waals surface area contributed by atoms with Crippen molar-refractivity contribution in [3.63, 3.8) is 0 Å². The molecule has 0 spiro atoms. The van der Waals surface area contributed by atoms with Crippen LogP contribution in [0.2, 0.25) is 0 Å². The summed E-state index contributed by atoms with van der Waals surface area (Å²) in [6, 6.07) is 0. The SMILES string of the molecule is C=C(C)N(C)C.C=C(C)N(C)C.C=NN(C)C. The van der Waals surface area contributed by atoms with Crippen molar-refractivity contribution in [1.29, 1.82) is 0 Å². The zero-order valence-electron chi connectivity index (χ0n) is 12.9. The summed E-state index contributed by atoms with van der Waals surface area (Å²) < 4.78 is 0. The first-order valence-corrected chi connectivity index (χ1v) is 5.35. The van der Waals surface area contributed by atoms with Crippen LogP contribution in [0.5, 0.6) is 0 Å². The molecule has 0 aliphatic rings. The molecule has 0 aromatic heterocycles. The lowest BCUT2D eigenvalue weighted by Crippen LogP contribution is -2.05. The number of rotatable bonds is 3. The first kappa shape index (κ1) is 20.9. The van der Waals surface area contributed by atoms with Crippen LogP contribution in [0.4, 0.5) is 0 Å². The van der Waals surface area contributed by atoms with Crippen LogP contribution in [0.25, 0.3) is 0 Å². The highest BCUT2D eigenvalue weighted by Gasteiger charge is 1.79. The first-order chi connectivity index (χ1) is 7.56. The number of hydrazone groups is 1. The zero-order chi connectivity index (χ0) is 14.6. The van der Waals surface area contributed by atoms with Gasteiger partial charge in [0.1, 0.15) is 0 Å². The molecule has 0 atom stereocenters. The van der Waals surface area contributed by atoms with E-state index in [4.69, 9.17) is 0 Å². The maximum atomic E-state index is 3.68. The van der Waals surface area contributed by atoms with Crippen molar-refractivity contribution in [3.8, 4) is 0 Å². The summed E-state index contributed by atoms with van der Waals surface area (Å²) in [4.78, 5) is 3.94. The van der Waals surface area contributed by atoms with Crippen LogP contribution in [0.1, 0.15) is 13.8 Å². The minimum atomic E-state index is 1.09. The van der Waals surface area contributed by atoms with Crippen molar-refractivity contribution in [2.75, 3.05) is 42.3 Å². The van der Waals surface area contributed by atoms with Gasteiger partial charge in [0, 0.05) is 60.4 Å². The summed E-state index contributed by atoms with van der Waals surface area (Å²) in [5, 5.41) is 5.11. The lowest BCUT2D eigenvalue weighted by molar-refractivity contribution is 0.442. The lowest BCUT2D eigenvalue weighted by Gasteiger charge is -2.08. The van der Waals surface area contributed by atoms with E-state index in [9.17, 15) is 0 Å². The third-order valence-corrected chi connectivity index (χ3v) is 1.81. The Bertz CT molecular complexity index is 199. The van der Waals surface area contributed by atoms with E-state index in [1.54, 1.807) is 5.01 Å². The molecule has 102 valence electrons. The average Bonchev–Trinajstić information content (AvgIpc) is 2.19. The molecule has 0 fully saturated rings. The fourth-order valence-electron chi connectivity index (χ4n) is 0. The molecule has 0 amide bonds. The normalized spacial score (nSPS) is 7.53. The summed E-state index contributed by atoms with van der Waals surface area (Å²) in [6.07, 6.45) is 0. The van der Waals surface area contributed by atoms with Crippen molar-refractivity contribution in [3.05, 3.63) is 24.6 Å². The maximum absolute atomic E-state index is 3.68. The largest absolute Gasteiger partial charge is 0.382 e. The van der Waals surface area contributed by atoms with E-state index >= 15 is 0 Å². The van der Waals surface area contributed by atoms with E-state index in [-0.39, 0.29) is 0 Å². The minimum Gasteiger partial charge on any atom is -0.382 e. The molecule has 0 aliphatic carbocycles. The number of hydrogen-bond donors (Lipinski definition) is 0. The second kappa shape index (κ2) is 12.6. The van der Waals surface area contributed by atoms with Crippen molar-refractivity contribution in [2.45, 2.75) is 13.8 Å². The topological polar surface area (TPSA) is 22.1 Å². The molecule has 0 rings (SSSR count). The van der Waals surface area contributed by atoms with Crippen molar-refractivity contribution < 1.29 is 0 Å². The van der Waals surface area contributed by atoms with Gasteiger partial charge in [-0.25, -0.2) is 0 Å². The molecule has 0 N–H and O–H groups in total. The molecule has 0 saturated heterocycles. The Balaban J connectivity index is -0.000000174. The van der Waals surface area contributed by atoms with Gasteiger partial charge in [-0.3, -0.25) is 0 Å². The van der Waals surface area contributed by atoms with Gasteiger partial charge in [0.05, 0.1) is 0 Å². The monoisotopic (exact) mass is 242 g/mol. The van der Waals surface area contributed by atoms with Crippen LogP contribution in [0.15, 0.2) is 29.7 Å². The van der Waals surface area contributed by atoms with Gasteiger partial charge in [0.25, 0.3) is 0 Å². The smallest absolute Gasteiger partial charge is 0.0244 e. The number of hydrogen-bond acceptors (Lipinski definition) is 4. The molecule has 0 bridgehead atoms. The standard InChI is InChI=1S/2C5H11N.C3H8N2/c2*1-5(2)6(3)4;1-4-5(2)3/h2*1H2,2-4H3;1H2,2-3H3. The van der Waals surface area contributed by atoms with Gasteiger partial charge in [-0.15, -0.1) is 0 Å². The van der Waals surface area contributed by atoms with Gasteiger partial charge in [0.2, 0.25) is 0 Å². The van der Waals surface area contributed by atoms with Crippen LogP contribution in [-0.2, 0) is 0 Å². The predicted molar refractivity (Wildman–Crippen MR) is 80.2 cm³/mol. The van der Waals surface area contributed by atoms with E-state index in [1.807, 2.05) is 65.9 Å². The highest BCUT2D eigenvalue weighted by Crippen LogP contribution is 1.87. The van der Waals surface area contributed by atoms with E-state index in [0.29, 0.717) is 0 Å². The van der Waals surface area contributed by atoms with Crippen LogP contribution >= 0.6 is 0 Å². The first-order valence-electron chi connectivity index (χ1n) is 5.35. The predicted octanol–water partition coefficient (Wildman–Crippen LogP) is 2.33. The lowest BCUT2D eigenvalue weighted by atomic mass is 10.5. The molecule has 0 saturated carbocycles. The van der Waals surface area contributed by atoms with E-state index < -0.39 is 0 Å². The second-order valence-corrected chi connectivity index (χ2v) is 4.25. The molecule has 0 aromatic rings. The van der Waals surface area contributed by atoms with E-state index in [0.717, 1.165) is 11.4 Å². The maximum Gasteiger partial charge on any atom is 0.0244 e. The van der Waals surface area contributed by atoms with Gasteiger partial charge in [-0.2, -0.15) is 5.10 Å². The Morgan fingerprint density at radius 3 is 0.882 bits per heavy atom. The van der Waals surface area contributed by atoms with Crippen LogP contribution in [0, 0.1) is 0 Å². The molecule has 0 heterocycles. The Morgan fingerprint density at radius 1 is 0.765 bits per heavy atom. The second-order valence-electron chi connectivity index (χ2n) is 4.25. The number of nitrogens with zero attached hydrogens (tertiary/aromatic N) is 4. The Labute approximate surface area is 108 Å². The van der Waals surface area contributed by atoms with Crippen LogP contribution in [0.3, 0.4) is 0 Å². The van der Waals surface area contributed by atoms with Gasteiger partial charge in [0.15, 0.2) is 0 Å². The quantitative estimate of drug-likeness (QED) is 0.560. The van der Waals surface area contributed by atoms with Crippen LogP contribution < -0.4 is 0 Å². The van der Waals surface area contributed by atoms with Gasteiger partial charge in [-0.05, 0) is 13.8 Å². The molecule has 4 nitrogen and oxygen atoms in total. The van der Waals surface area contributed by atoms with Gasteiger partial charge in [-0.1, -0.05) is 13.2 Å². The Hall–Kier alpha value is -1.45. The van der Waals surface area contributed by atoms with Crippen molar-refractivity contribution in [1.82, 2.24) is 14.8 Å². The van der Waals surface area contributed by atoms with E-state index in [1.165, 1.54) is 0 Å². The van der Waals surface area contributed by atoms with Crippen LogP contribution in [-0.4, -0.2) is 63.8 Å². The van der Waals surface area contributed by atoms with Crippen molar-refractivity contribution in [2.24, 2.45) is 5.10 Å². The zero-order valence-corrected chi connectivity index (χ0v) is 12.9. The summed E-state index contributed by atoms with van der Waals surface area (Å²) in [7, 11) is 11.6. The van der Waals surface area contributed by atoms with E-state index in [2.05, 4.69) is 25.0 Å². The third kappa shape index (κ3) is 31.3. The summed E-state index contributed by atoms with van der Waals surface area (Å²) >= 11 is 0. The third-order valence-electron chi connectivity index (χ3n) is 1.81. The summed E-state index contributed by atoms with van der Waals surface area (Å²) in [6.45, 7) is 14.5. The van der Waals surface area contributed by atoms with Crippen molar-refractivity contribution >= 4 is 6.72 Å². The summed E-state index contributed by atoms with van der Waals surface area (Å²) in [5.74, 6) is 0. The molecule has 17 heavy (non-hydrogen) atoms. The Kier molecular flexibility index (Phi) is 15.5. The fraction of sp³-hybridized carbons (Fsp3) is 0.615. The highest BCUT2D eigenvalue weighted by molar-refractivity contribution is 5.22.